The molecule has 3 unspecified atom stereocenters. The number of nitrogens with zero attached hydrogens (tertiary/aromatic N) is 1. The van der Waals surface area contributed by atoms with Crippen LogP contribution in [0.25, 0.3) is 5.83 Å². The number of rotatable bonds is 15. The highest BCUT2D eigenvalue weighted by Gasteiger charge is 2.32. The number of nitrogens with two attached hydrogens (primary N) is 2. The zero-order valence-corrected chi connectivity index (χ0v) is 23.5. The van der Waals surface area contributed by atoms with E-state index in [0.717, 1.165) is 6.07 Å². The Kier molecular flexibility index (Phi) is 12.8. The number of hydrogen-bond acceptors (Lipinski definition) is 7. The zero-order valence-electron chi connectivity index (χ0n) is 23.5. The molecule has 12 heteroatoms. The van der Waals surface area contributed by atoms with Gasteiger partial charge < -0.3 is 36.8 Å². The van der Waals surface area contributed by atoms with Gasteiger partial charge in [-0.3, -0.25) is 14.4 Å². The van der Waals surface area contributed by atoms with Crippen molar-refractivity contribution in [3.8, 4) is 5.75 Å². The highest BCUT2D eigenvalue weighted by molar-refractivity contribution is 5.98. The van der Waals surface area contributed by atoms with Gasteiger partial charge in [0.2, 0.25) is 17.7 Å². The SMILES string of the molecule is C=C(F)c1ccc(C(O)C(NC(=O)C(C)CC(=O)N(CCN)CCN)C(=O)Nc2ccc(F)c(OC(C)C)c2)cc1. The van der Waals surface area contributed by atoms with E-state index in [9.17, 15) is 28.3 Å². The van der Waals surface area contributed by atoms with Gasteiger partial charge in [0.15, 0.2) is 11.6 Å². The van der Waals surface area contributed by atoms with Gasteiger partial charge in [-0.05, 0) is 31.5 Å². The molecule has 2 rings (SSSR count). The zero-order chi connectivity index (χ0) is 30.7. The Hall–Kier alpha value is -3.87. The number of anilines is 1. The van der Waals surface area contributed by atoms with Gasteiger partial charge in [-0.25, -0.2) is 8.78 Å². The maximum atomic E-state index is 14.2. The molecule has 41 heavy (non-hydrogen) atoms. The number of carbonyl (C=O) groups excluding carboxylic acids is 3. The van der Waals surface area contributed by atoms with Gasteiger partial charge in [0.25, 0.3) is 0 Å². The summed E-state index contributed by atoms with van der Waals surface area (Å²) in [6.45, 7) is 9.16. The van der Waals surface area contributed by atoms with E-state index in [2.05, 4.69) is 17.2 Å². The Morgan fingerprint density at radius 1 is 1.02 bits per heavy atom. The Labute approximate surface area is 238 Å². The molecule has 0 spiro atoms. The van der Waals surface area contributed by atoms with Crippen LogP contribution in [0.1, 0.15) is 44.4 Å². The Morgan fingerprint density at radius 3 is 2.17 bits per heavy atom. The second-order valence-electron chi connectivity index (χ2n) is 9.82. The summed E-state index contributed by atoms with van der Waals surface area (Å²) in [7, 11) is 0. The van der Waals surface area contributed by atoms with Crippen LogP contribution in [0.5, 0.6) is 5.75 Å². The average Bonchev–Trinajstić information content (AvgIpc) is 2.92. The van der Waals surface area contributed by atoms with Crippen LogP contribution in [0, 0.1) is 11.7 Å². The third-order valence-electron chi connectivity index (χ3n) is 6.10. The standard InChI is InChI=1S/C29H39F2N5O5/c1-17(2)41-24-16-22(9-10-23(24)31)34-29(40)26(27(38)21-7-5-20(6-8-21)19(4)30)35-28(39)18(3)15-25(37)36(13-11-32)14-12-33/h5-10,16-18,26-27,38H,4,11-15,32-33H2,1-3H3,(H,34,40)(H,35,39). The summed E-state index contributed by atoms with van der Waals surface area (Å²) in [6.07, 6.45) is -2.08. The van der Waals surface area contributed by atoms with E-state index in [-0.39, 0.29) is 67.2 Å². The molecule has 0 bridgehead atoms. The molecule has 0 fully saturated rings. The predicted molar refractivity (Wildman–Crippen MR) is 153 cm³/mol. The lowest BCUT2D eigenvalue weighted by atomic mass is 9.98. The predicted octanol–water partition coefficient (Wildman–Crippen LogP) is 2.48. The van der Waals surface area contributed by atoms with Crippen LogP contribution in [-0.2, 0) is 14.4 Å². The van der Waals surface area contributed by atoms with E-state index in [1.165, 1.54) is 48.2 Å². The van der Waals surface area contributed by atoms with Crippen LogP contribution in [0.4, 0.5) is 14.5 Å². The molecule has 2 aromatic carbocycles. The number of hydrogen-bond donors (Lipinski definition) is 5. The van der Waals surface area contributed by atoms with Gasteiger partial charge in [0.1, 0.15) is 18.0 Å². The summed E-state index contributed by atoms with van der Waals surface area (Å²) < 4.78 is 33.1. The molecular weight excluding hydrogens is 536 g/mol. The van der Waals surface area contributed by atoms with Crippen LogP contribution in [0.3, 0.4) is 0 Å². The quantitative estimate of drug-likeness (QED) is 0.218. The second kappa shape index (κ2) is 15.8. The highest BCUT2D eigenvalue weighted by atomic mass is 19.1. The number of aliphatic hydroxyl groups is 1. The minimum absolute atomic E-state index is 0.0902. The van der Waals surface area contributed by atoms with Gasteiger partial charge in [0, 0.05) is 55.8 Å². The van der Waals surface area contributed by atoms with E-state index in [1.54, 1.807) is 13.8 Å². The molecular formula is C29H39F2N5O5. The number of nitrogens with one attached hydrogen (secondary N) is 2. The van der Waals surface area contributed by atoms with Crippen molar-refractivity contribution in [3.05, 3.63) is 66.0 Å². The fourth-order valence-electron chi connectivity index (χ4n) is 3.94. The van der Waals surface area contributed by atoms with E-state index in [1.807, 2.05) is 0 Å². The molecule has 0 heterocycles. The minimum atomic E-state index is -1.57. The highest BCUT2D eigenvalue weighted by Crippen LogP contribution is 2.25. The Bertz CT molecular complexity index is 1200. The van der Waals surface area contributed by atoms with Gasteiger partial charge in [-0.2, -0.15) is 0 Å². The van der Waals surface area contributed by atoms with E-state index < -0.39 is 41.5 Å². The van der Waals surface area contributed by atoms with Gasteiger partial charge in [-0.1, -0.05) is 37.8 Å². The molecule has 0 radical (unpaired) electrons. The number of ether oxygens (including phenoxy) is 1. The first-order chi connectivity index (χ1) is 19.4. The molecule has 224 valence electrons. The number of aliphatic hydroxyl groups excluding tert-OH is 1. The summed E-state index contributed by atoms with van der Waals surface area (Å²) in [5, 5.41) is 16.2. The summed E-state index contributed by atoms with van der Waals surface area (Å²) >= 11 is 0. The van der Waals surface area contributed by atoms with Crippen molar-refractivity contribution < 1.29 is 33.0 Å². The molecule has 0 aliphatic carbocycles. The van der Waals surface area contributed by atoms with Crippen LogP contribution in [0.2, 0.25) is 0 Å². The summed E-state index contributed by atoms with van der Waals surface area (Å²) in [4.78, 5) is 40.7. The van der Waals surface area contributed by atoms with Crippen molar-refractivity contribution in [2.45, 2.75) is 45.4 Å². The molecule has 3 atom stereocenters. The molecule has 3 amide bonds. The summed E-state index contributed by atoms with van der Waals surface area (Å²) in [5.74, 6) is -4.11. The lowest BCUT2D eigenvalue weighted by Crippen LogP contribution is -2.50. The van der Waals surface area contributed by atoms with Crippen LogP contribution in [0.15, 0.2) is 49.0 Å². The van der Waals surface area contributed by atoms with Crippen LogP contribution >= 0.6 is 0 Å². The lowest BCUT2D eigenvalue weighted by Gasteiger charge is -2.26. The van der Waals surface area contributed by atoms with Gasteiger partial charge >= 0.3 is 0 Å². The van der Waals surface area contributed by atoms with Crippen LogP contribution in [-0.4, -0.2) is 66.1 Å². The van der Waals surface area contributed by atoms with Crippen molar-refractivity contribution >= 4 is 29.2 Å². The van der Waals surface area contributed by atoms with Crippen molar-refractivity contribution in [1.29, 1.82) is 0 Å². The molecule has 2 aromatic rings. The third-order valence-corrected chi connectivity index (χ3v) is 6.10. The molecule has 0 aliphatic rings. The number of halogens is 2. The normalized spacial score (nSPS) is 13.2. The maximum Gasteiger partial charge on any atom is 0.250 e. The van der Waals surface area contributed by atoms with Crippen molar-refractivity contribution in [3.63, 3.8) is 0 Å². The van der Waals surface area contributed by atoms with Gasteiger partial charge in [0.05, 0.1) is 6.10 Å². The first-order valence-electron chi connectivity index (χ1n) is 13.3. The Morgan fingerprint density at radius 2 is 1.63 bits per heavy atom. The van der Waals surface area contributed by atoms with Gasteiger partial charge in [-0.15, -0.1) is 0 Å². The fourth-order valence-corrected chi connectivity index (χ4v) is 3.94. The van der Waals surface area contributed by atoms with E-state index in [0.29, 0.717) is 0 Å². The maximum absolute atomic E-state index is 14.2. The summed E-state index contributed by atoms with van der Waals surface area (Å²) in [6, 6.07) is 7.70. The monoisotopic (exact) mass is 575 g/mol. The number of carbonyl (C=O) groups is 3. The fraction of sp³-hybridized carbons (Fsp3) is 0.414. The average molecular weight is 576 g/mol. The smallest absolute Gasteiger partial charge is 0.250 e. The molecule has 0 aliphatic heterocycles. The van der Waals surface area contributed by atoms with Crippen molar-refractivity contribution in [1.82, 2.24) is 10.2 Å². The first kappa shape index (κ1) is 33.3. The largest absolute Gasteiger partial charge is 0.488 e. The molecule has 7 N–H and O–H groups in total. The molecule has 0 aromatic heterocycles. The van der Waals surface area contributed by atoms with E-state index in [4.69, 9.17) is 16.2 Å². The minimum Gasteiger partial charge on any atom is -0.488 e. The Balaban J connectivity index is 2.31. The van der Waals surface area contributed by atoms with E-state index >= 15 is 0 Å². The topological polar surface area (TPSA) is 160 Å². The molecule has 0 saturated heterocycles. The lowest BCUT2D eigenvalue weighted by molar-refractivity contribution is -0.137. The van der Waals surface area contributed by atoms with Crippen LogP contribution < -0.4 is 26.8 Å². The van der Waals surface area contributed by atoms with Crippen molar-refractivity contribution in [2.75, 3.05) is 31.5 Å². The summed E-state index contributed by atoms with van der Waals surface area (Å²) in [5.41, 5.74) is 11.7. The van der Waals surface area contributed by atoms with Crippen molar-refractivity contribution in [2.24, 2.45) is 17.4 Å². The first-order valence-corrected chi connectivity index (χ1v) is 13.3. The third kappa shape index (κ3) is 9.92. The number of amides is 3. The molecule has 10 nitrogen and oxygen atoms in total. The molecule has 0 saturated carbocycles. The number of benzene rings is 2. The second-order valence-corrected chi connectivity index (χ2v) is 9.82.